The summed E-state index contributed by atoms with van der Waals surface area (Å²) in [5, 5.41) is 6.33. The van der Waals surface area contributed by atoms with Gasteiger partial charge in [0.25, 0.3) is 5.91 Å². The molecule has 1 unspecified atom stereocenters. The number of amides is 4. The van der Waals surface area contributed by atoms with Crippen molar-refractivity contribution in [2.75, 3.05) is 60.2 Å². The number of pyridine rings is 1. The number of cyclic esters (lactones) is 1. The summed E-state index contributed by atoms with van der Waals surface area (Å²) in [5.41, 5.74) is 8.06. The number of hydrogen-bond acceptors (Lipinski definition) is 12. The number of aromatic nitrogens is 2. The van der Waals surface area contributed by atoms with Gasteiger partial charge in [0.2, 0.25) is 17.7 Å². The van der Waals surface area contributed by atoms with Crippen LogP contribution < -0.4 is 10.7 Å². The van der Waals surface area contributed by atoms with E-state index in [2.05, 4.69) is 60.3 Å². The molecule has 4 aliphatic rings. The highest BCUT2D eigenvalue weighted by Gasteiger charge is 2.43. The van der Waals surface area contributed by atoms with Gasteiger partial charge in [0.05, 0.1) is 46.6 Å². The average Bonchev–Trinajstić information content (AvgIpc) is 4.07. The number of likely N-dealkylation sites (tertiary alicyclic amines) is 1. The van der Waals surface area contributed by atoms with Gasteiger partial charge < -0.3 is 29.2 Å². The van der Waals surface area contributed by atoms with Crippen molar-refractivity contribution >= 4 is 57.3 Å². The molecule has 6 atom stereocenters. The predicted molar refractivity (Wildman–Crippen MR) is 266 cm³/mol. The van der Waals surface area contributed by atoms with Crippen molar-refractivity contribution in [3.63, 3.8) is 0 Å². The van der Waals surface area contributed by atoms with E-state index in [-0.39, 0.29) is 49.5 Å². The van der Waals surface area contributed by atoms with Crippen molar-refractivity contribution in [2.24, 2.45) is 22.2 Å². The summed E-state index contributed by atoms with van der Waals surface area (Å²) in [5.74, 6) is -1.70. The fraction of sp³-hybridized carbons (Fsp3) is 0.627. The van der Waals surface area contributed by atoms with E-state index in [0.29, 0.717) is 51.1 Å². The van der Waals surface area contributed by atoms with Crippen molar-refractivity contribution in [1.29, 1.82) is 0 Å². The van der Waals surface area contributed by atoms with Crippen molar-refractivity contribution in [3.8, 4) is 11.3 Å². The van der Waals surface area contributed by atoms with Crippen LogP contribution in [0.4, 0.5) is 0 Å². The lowest BCUT2D eigenvalue weighted by atomic mass is 9.84. The second-order valence-corrected chi connectivity index (χ2v) is 22.0. The molecule has 6 bridgehead atoms. The number of esters is 1. The molecule has 17 heteroatoms. The number of fused-ring (bicyclic) bond motifs is 5. The number of thioether (sulfide) groups is 1. The summed E-state index contributed by atoms with van der Waals surface area (Å²) in [6.07, 6.45) is 3.79. The molecule has 3 aromatic rings. The van der Waals surface area contributed by atoms with Crippen LogP contribution in [0.25, 0.3) is 22.2 Å². The Morgan fingerprint density at radius 2 is 1.84 bits per heavy atom. The molecule has 2 fully saturated rings. The smallest absolute Gasteiger partial charge is 0.324 e. The number of hydrogen-bond donors (Lipinski definition) is 2. The Labute approximate surface area is 406 Å². The molecular formula is C51H73N9O7S. The Morgan fingerprint density at radius 1 is 1.09 bits per heavy atom. The van der Waals surface area contributed by atoms with Gasteiger partial charge in [-0.15, -0.1) is 11.8 Å². The molecule has 0 spiro atoms. The molecule has 2 N–H and O–H groups in total. The molecule has 0 aliphatic carbocycles. The van der Waals surface area contributed by atoms with Crippen LogP contribution in [-0.4, -0.2) is 148 Å². The summed E-state index contributed by atoms with van der Waals surface area (Å²) >= 11 is 1.57. The average molecular weight is 956 g/mol. The van der Waals surface area contributed by atoms with Gasteiger partial charge in [-0.1, -0.05) is 33.8 Å². The number of nitrogens with one attached hydrogen (secondary N) is 2. The van der Waals surface area contributed by atoms with E-state index in [4.69, 9.17) is 19.5 Å². The zero-order valence-corrected chi connectivity index (χ0v) is 43.0. The Kier molecular flexibility index (Phi) is 15.5. The van der Waals surface area contributed by atoms with Gasteiger partial charge in [-0.25, -0.2) is 5.43 Å². The molecule has 7 rings (SSSR count). The van der Waals surface area contributed by atoms with Gasteiger partial charge >= 0.3 is 5.97 Å². The van der Waals surface area contributed by atoms with Gasteiger partial charge in [0.1, 0.15) is 18.1 Å². The first-order valence-electron chi connectivity index (χ1n) is 24.3. The topological polar surface area (TPSA) is 171 Å². The first-order valence-corrected chi connectivity index (χ1v) is 25.3. The van der Waals surface area contributed by atoms with E-state index >= 15 is 0 Å². The largest absolute Gasteiger partial charge is 0.464 e. The highest BCUT2D eigenvalue weighted by molar-refractivity contribution is 8.14. The number of benzene rings is 1. The van der Waals surface area contributed by atoms with Gasteiger partial charge in [0, 0.05) is 80.6 Å². The molecule has 68 heavy (non-hydrogen) atoms. The van der Waals surface area contributed by atoms with Crippen LogP contribution in [-0.2, 0) is 46.4 Å². The Hall–Kier alpha value is -4.84. The maximum absolute atomic E-state index is 14.7. The third-order valence-corrected chi connectivity index (χ3v) is 15.6. The minimum atomic E-state index is -1.05. The molecule has 0 saturated carbocycles. The number of methoxy groups -OCH3 is 1. The summed E-state index contributed by atoms with van der Waals surface area (Å²) in [4.78, 5) is 86.0. The molecule has 16 nitrogen and oxygen atoms in total. The number of rotatable bonds is 11. The standard InChI is InChI=1S/C51H73N9O7S/c1-13-59-40-19-18-32-24-35(40)36(44(59)34-16-14-21-52-42(34)31(4)66-12)26-50(5,6)29-67-48(64)37-17-15-22-60(55-37)47(63)38(25-41-53-39(32)28-68-41)54-45(61)43(30(2)3)57(11)46(62)33-20-23-58(27-33)49(65)51(7,8)56(9)10/h14,16,18-19,21,24,30-31,33,37-39,43,55H,13,15,17,20,22-23,25-29H2,1-12H3,(H,54,61)/t31-,33-,37-,38-,39?,43-/m0/s1. The second kappa shape index (κ2) is 20.6. The minimum Gasteiger partial charge on any atom is -0.464 e. The van der Waals surface area contributed by atoms with Crippen LogP contribution >= 0.6 is 11.8 Å². The van der Waals surface area contributed by atoms with Crippen LogP contribution in [0.15, 0.2) is 41.5 Å². The van der Waals surface area contributed by atoms with Crippen LogP contribution in [0, 0.1) is 17.3 Å². The summed E-state index contributed by atoms with van der Waals surface area (Å²) in [6.45, 7) is 17.8. The summed E-state index contributed by atoms with van der Waals surface area (Å²) in [7, 11) is 7.04. The fourth-order valence-electron chi connectivity index (χ4n) is 10.1. The third-order valence-electron chi connectivity index (χ3n) is 14.6. The number of carbonyl (C=O) groups excluding carboxylic acids is 5. The maximum Gasteiger partial charge on any atom is 0.324 e. The first kappa shape index (κ1) is 51.0. The van der Waals surface area contributed by atoms with Gasteiger partial charge in [0.15, 0.2) is 0 Å². The monoisotopic (exact) mass is 956 g/mol. The number of carbonyl (C=O) groups is 5. The van der Waals surface area contributed by atoms with Gasteiger partial charge in [-0.3, -0.25) is 43.9 Å². The molecule has 1 aromatic carbocycles. The van der Waals surface area contributed by atoms with Crippen molar-refractivity contribution in [2.45, 2.75) is 130 Å². The number of likely N-dealkylation sites (N-methyl/N-ethyl adjacent to an activating group) is 2. The zero-order valence-electron chi connectivity index (χ0n) is 42.2. The molecule has 0 radical (unpaired) electrons. The number of hydrazine groups is 1. The number of nitrogens with zero attached hydrogens (tertiary/aromatic N) is 7. The van der Waals surface area contributed by atoms with Crippen LogP contribution in [0.2, 0.25) is 0 Å². The maximum atomic E-state index is 14.7. The molecule has 2 aromatic heterocycles. The predicted octanol–water partition coefficient (Wildman–Crippen LogP) is 5.78. The molecule has 4 amide bonds. The van der Waals surface area contributed by atoms with Crippen molar-refractivity contribution in [1.82, 2.24) is 40.0 Å². The van der Waals surface area contributed by atoms with Crippen LogP contribution in [0.3, 0.4) is 0 Å². The number of ether oxygens (including phenoxy) is 2. The SMILES string of the molecule is CCn1c(-c2cccnc2[C@H](C)OC)c2c3cc(ccc31)C1CSC(=N1)C[C@H](NC(=O)[C@H](C(C)C)N(C)C(=O)[C@H]1CCN(C(=O)C(C)(C)N(C)C)C1)C(=O)N1CCC[C@H](N1)C(=O)OCC(C)(C)C2. The third kappa shape index (κ3) is 10.4. The van der Waals surface area contributed by atoms with Gasteiger partial charge in [-0.05, 0) is 109 Å². The van der Waals surface area contributed by atoms with E-state index < -0.39 is 52.8 Å². The first-order chi connectivity index (χ1) is 32.2. The quantitative estimate of drug-likeness (QED) is 0.223. The molecule has 370 valence electrons. The van der Waals surface area contributed by atoms with Crippen molar-refractivity contribution in [3.05, 3.63) is 53.3 Å². The Morgan fingerprint density at radius 3 is 2.53 bits per heavy atom. The molecule has 2 saturated heterocycles. The normalized spacial score (nSPS) is 23.4. The Bertz CT molecular complexity index is 2430. The lowest BCUT2D eigenvalue weighted by Crippen LogP contribution is -2.62. The highest BCUT2D eigenvalue weighted by Crippen LogP contribution is 2.43. The Balaban J connectivity index is 1.22. The van der Waals surface area contributed by atoms with E-state index in [1.165, 1.54) is 9.91 Å². The van der Waals surface area contributed by atoms with Crippen LogP contribution in [0.1, 0.15) is 110 Å². The van der Waals surface area contributed by atoms with E-state index in [9.17, 15) is 24.0 Å². The summed E-state index contributed by atoms with van der Waals surface area (Å²) in [6, 6.07) is 7.68. The van der Waals surface area contributed by atoms with E-state index in [0.717, 1.165) is 44.0 Å². The lowest BCUT2D eigenvalue weighted by Gasteiger charge is -2.37. The van der Waals surface area contributed by atoms with Crippen LogP contribution in [0.5, 0.6) is 0 Å². The van der Waals surface area contributed by atoms with Gasteiger partial charge in [-0.2, -0.15) is 0 Å². The highest BCUT2D eigenvalue weighted by atomic mass is 32.2. The molecule has 6 heterocycles. The van der Waals surface area contributed by atoms with Crippen molar-refractivity contribution < 1.29 is 33.4 Å². The lowest BCUT2D eigenvalue weighted by molar-refractivity contribution is -0.155. The zero-order chi connectivity index (χ0) is 49.4. The minimum absolute atomic E-state index is 0.0499. The number of aliphatic imine (C=N–C) groups is 1. The van der Waals surface area contributed by atoms with E-state index in [1.807, 2.05) is 59.7 Å². The second-order valence-electron chi connectivity index (χ2n) is 20.9. The molecular weight excluding hydrogens is 883 g/mol. The molecule has 4 aliphatic heterocycles. The summed E-state index contributed by atoms with van der Waals surface area (Å²) < 4.78 is 14.3. The number of aryl methyl sites for hydroxylation is 1. The fourth-order valence-corrected chi connectivity index (χ4v) is 11.2. The van der Waals surface area contributed by atoms with E-state index in [1.54, 1.807) is 37.0 Å².